The van der Waals surface area contributed by atoms with Crippen molar-refractivity contribution in [2.45, 2.75) is 26.3 Å². The first kappa shape index (κ1) is 15.4. The molecule has 0 saturated heterocycles. The van der Waals surface area contributed by atoms with Crippen LogP contribution in [0.4, 0.5) is 0 Å². The van der Waals surface area contributed by atoms with Gasteiger partial charge in [-0.25, -0.2) is 0 Å². The summed E-state index contributed by atoms with van der Waals surface area (Å²) < 4.78 is 0. The van der Waals surface area contributed by atoms with Gasteiger partial charge in [0.15, 0.2) is 5.78 Å². The SMILES string of the molecule is CNC(=O)CCN(C)C(C)C(=O)c1ccc(C)cc1. The first-order valence-electron chi connectivity index (χ1n) is 6.47. The molecule has 19 heavy (non-hydrogen) atoms. The Hall–Kier alpha value is -1.68. The molecule has 1 unspecified atom stereocenters. The van der Waals surface area contributed by atoms with Gasteiger partial charge in [-0.1, -0.05) is 29.8 Å². The van der Waals surface area contributed by atoms with Crippen LogP contribution in [0.5, 0.6) is 0 Å². The largest absolute Gasteiger partial charge is 0.359 e. The molecule has 1 aromatic rings. The summed E-state index contributed by atoms with van der Waals surface area (Å²) in [6.45, 7) is 4.43. The van der Waals surface area contributed by atoms with E-state index in [0.29, 0.717) is 18.5 Å². The molecule has 0 aliphatic heterocycles. The molecule has 104 valence electrons. The normalized spacial score (nSPS) is 12.3. The first-order chi connectivity index (χ1) is 8.95. The highest BCUT2D eigenvalue weighted by Crippen LogP contribution is 2.09. The highest BCUT2D eigenvalue weighted by atomic mass is 16.1. The number of Topliss-reactive ketones (excluding diaryl/α,β-unsaturated/α-hetero) is 1. The number of nitrogens with zero attached hydrogens (tertiary/aromatic N) is 1. The number of amides is 1. The van der Waals surface area contributed by atoms with Gasteiger partial charge in [-0.2, -0.15) is 0 Å². The van der Waals surface area contributed by atoms with Crippen LogP contribution in [-0.4, -0.2) is 43.3 Å². The molecule has 0 radical (unpaired) electrons. The molecular weight excluding hydrogens is 240 g/mol. The number of benzene rings is 1. The highest BCUT2D eigenvalue weighted by molar-refractivity contribution is 5.99. The van der Waals surface area contributed by atoms with Crippen molar-refractivity contribution in [2.75, 3.05) is 20.6 Å². The number of hydrogen-bond donors (Lipinski definition) is 1. The van der Waals surface area contributed by atoms with Gasteiger partial charge in [-0.05, 0) is 20.9 Å². The summed E-state index contributed by atoms with van der Waals surface area (Å²) in [5.74, 6) is 0.0706. The predicted octanol–water partition coefficient (Wildman–Crippen LogP) is 1.63. The number of ketones is 1. The Morgan fingerprint density at radius 1 is 1.26 bits per heavy atom. The summed E-state index contributed by atoms with van der Waals surface area (Å²) in [4.78, 5) is 25.4. The monoisotopic (exact) mass is 262 g/mol. The molecule has 0 saturated carbocycles. The minimum atomic E-state index is -0.229. The van der Waals surface area contributed by atoms with E-state index >= 15 is 0 Å². The van der Waals surface area contributed by atoms with E-state index in [1.807, 2.05) is 50.1 Å². The van der Waals surface area contributed by atoms with Crippen molar-refractivity contribution >= 4 is 11.7 Å². The van der Waals surface area contributed by atoms with Crippen molar-refractivity contribution in [3.05, 3.63) is 35.4 Å². The van der Waals surface area contributed by atoms with Gasteiger partial charge in [0.2, 0.25) is 5.91 Å². The van der Waals surface area contributed by atoms with Gasteiger partial charge < -0.3 is 5.32 Å². The van der Waals surface area contributed by atoms with Crippen LogP contribution in [0.1, 0.15) is 29.3 Å². The zero-order valence-corrected chi connectivity index (χ0v) is 12.1. The van der Waals surface area contributed by atoms with Crippen molar-refractivity contribution in [1.82, 2.24) is 10.2 Å². The Kier molecular flexibility index (Phi) is 5.70. The summed E-state index contributed by atoms with van der Waals surface area (Å²) in [6.07, 6.45) is 0.401. The van der Waals surface area contributed by atoms with Crippen molar-refractivity contribution in [3.8, 4) is 0 Å². The minimum Gasteiger partial charge on any atom is -0.359 e. The summed E-state index contributed by atoms with van der Waals surface area (Å²) in [7, 11) is 3.48. The van der Waals surface area contributed by atoms with Gasteiger partial charge >= 0.3 is 0 Å². The zero-order valence-electron chi connectivity index (χ0n) is 12.1. The average Bonchev–Trinajstić information content (AvgIpc) is 2.43. The second kappa shape index (κ2) is 7.04. The van der Waals surface area contributed by atoms with E-state index in [-0.39, 0.29) is 17.7 Å². The van der Waals surface area contributed by atoms with Crippen molar-refractivity contribution in [2.24, 2.45) is 0 Å². The van der Waals surface area contributed by atoms with E-state index in [1.54, 1.807) is 7.05 Å². The van der Waals surface area contributed by atoms with Crippen LogP contribution in [-0.2, 0) is 4.79 Å². The number of aryl methyl sites for hydroxylation is 1. The summed E-state index contributed by atoms with van der Waals surface area (Å²) in [6, 6.07) is 7.34. The molecule has 0 spiro atoms. The van der Waals surface area contributed by atoms with Gasteiger partial charge in [0.25, 0.3) is 0 Å². The van der Waals surface area contributed by atoms with E-state index < -0.39 is 0 Å². The Bertz CT molecular complexity index is 440. The van der Waals surface area contributed by atoms with E-state index in [2.05, 4.69) is 5.32 Å². The van der Waals surface area contributed by atoms with Gasteiger partial charge in [-0.3, -0.25) is 14.5 Å². The maximum absolute atomic E-state index is 12.3. The lowest BCUT2D eigenvalue weighted by Crippen LogP contribution is -2.38. The van der Waals surface area contributed by atoms with Crippen LogP contribution in [0.3, 0.4) is 0 Å². The van der Waals surface area contributed by atoms with Crippen LogP contribution in [0.2, 0.25) is 0 Å². The Labute approximate surface area is 114 Å². The molecule has 1 N–H and O–H groups in total. The van der Waals surface area contributed by atoms with Crippen LogP contribution in [0.25, 0.3) is 0 Å². The third kappa shape index (κ3) is 4.48. The lowest BCUT2D eigenvalue weighted by Gasteiger charge is -2.23. The lowest BCUT2D eigenvalue weighted by atomic mass is 10.0. The summed E-state index contributed by atoms with van der Waals surface area (Å²) in [5.41, 5.74) is 1.85. The fourth-order valence-corrected chi connectivity index (χ4v) is 1.76. The van der Waals surface area contributed by atoms with E-state index in [1.165, 1.54) is 0 Å². The summed E-state index contributed by atoms with van der Waals surface area (Å²) in [5, 5.41) is 2.58. The molecule has 0 fully saturated rings. The Morgan fingerprint density at radius 3 is 2.37 bits per heavy atom. The van der Waals surface area contributed by atoms with Gasteiger partial charge in [-0.15, -0.1) is 0 Å². The maximum Gasteiger partial charge on any atom is 0.221 e. The number of carbonyl (C=O) groups excluding carboxylic acids is 2. The minimum absolute atomic E-state index is 0.0122. The molecule has 4 nitrogen and oxygen atoms in total. The van der Waals surface area contributed by atoms with E-state index in [9.17, 15) is 9.59 Å². The fourth-order valence-electron chi connectivity index (χ4n) is 1.76. The van der Waals surface area contributed by atoms with Crippen molar-refractivity contribution < 1.29 is 9.59 Å². The zero-order chi connectivity index (χ0) is 14.4. The lowest BCUT2D eigenvalue weighted by molar-refractivity contribution is -0.120. The fraction of sp³-hybridized carbons (Fsp3) is 0.467. The standard InChI is InChI=1S/C15H22N2O2/c1-11-5-7-13(8-6-11)15(19)12(2)17(4)10-9-14(18)16-3/h5-8,12H,9-10H2,1-4H3,(H,16,18). The van der Waals surface area contributed by atoms with Gasteiger partial charge in [0, 0.05) is 25.6 Å². The number of likely N-dealkylation sites (N-methyl/N-ethyl adjacent to an activating group) is 1. The van der Waals surface area contributed by atoms with Crippen LogP contribution in [0.15, 0.2) is 24.3 Å². The quantitative estimate of drug-likeness (QED) is 0.793. The van der Waals surface area contributed by atoms with Crippen LogP contribution in [0, 0.1) is 6.92 Å². The molecule has 0 heterocycles. The molecule has 1 rings (SSSR count). The molecule has 0 bridgehead atoms. The Balaban J connectivity index is 2.60. The Morgan fingerprint density at radius 2 is 1.84 bits per heavy atom. The highest BCUT2D eigenvalue weighted by Gasteiger charge is 2.19. The molecule has 0 aromatic heterocycles. The number of carbonyl (C=O) groups is 2. The summed E-state index contributed by atoms with van der Waals surface area (Å²) >= 11 is 0. The average molecular weight is 262 g/mol. The van der Waals surface area contributed by atoms with Crippen LogP contribution >= 0.6 is 0 Å². The third-order valence-corrected chi connectivity index (χ3v) is 3.35. The van der Waals surface area contributed by atoms with Gasteiger partial charge in [0.05, 0.1) is 6.04 Å². The third-order valence-electron chi connectivity index (χ3n) is 3.35. The van der Waals surface area contributed by atoms with Crippen LogP contribution < -0.4 is 5.32 Å². The van der Waals surface area contributed by atoms with E-state index in [0.717, 1.165) is 5.56 Å². The molecule has 0 aliphatic rings. The smallest absolute Gasteiger partial charge is 0.221 e. The number of nitrogens with one attached hydrogen (secondary N) is 1. The number of hydrogen-bond acceptors (Lipinski definition) is 3. The molecule has 0 aliphatic carbocycles. The second-order valence-electron chi connectivity index (χ2n) is 4.81. The first-order valence-corrected chi connectivity index (χ1v) is 6.47. The van der Waals surface area contributed by atoms with E-state index in [4.69, 9.17) is 0 Å². The topological polar surface area (TPSA) is 49.4 Å². The molecule has 1 atom stereocenters. The predicted molar refractivity (Wildman–Crippen MR) is 76.3 cm³/mol. The number of rotatable bonds is 6. The maximum atomic E-state index is 12.3. The van der Waals surface area contributed by atoms with Gasteiger partial charge in [0.1, 0.15) is 0 Å². The second-order valence-corrected chi connectivity index (χ2v) is 4.81. The van der Waals surface area contributed by atoms with Crippen molar-refractivity contribution in [1.29, 1.82) is 0 Å². The molecule has 1 aromatic carbocycles. The molecular formula is C15H22N2O2. The molecule has 4 heteroatoms. The molecule has 1 amide bonds. The van der Waals surface area contributed by atoms with Crippen molar-refractivity contribution in [3.63, 3.8) is 0 Å².